The molecule has 0 N–H and O–H groups in total. The quantitative estimate of drug-likeness (QED) is 0.398. The van der Waals surface area contributed by atoms with E-state index in [1.54, 1.807) is 6.92 Å². The van der Waals surface area contributed by atoms with Crippen LogP contribution in [0, 0.1) is 11.3 Å². The zero-order chi connectivity index (χ0) is 9.22. The molecule has 70 valence electrons. The van der Waals surface area contributed by atoms with Crippen LogP contribution in [0.25, 0.3) is 0 Å². The van der Waals surface area contributed by atoms with E-state index in [1.807, 2.05) is 0 Å². The van der Waals surface area contributed by atoms with Crippen LogP contribution >= 0.6 is 0 Å². The van der Waals surface area contributed by atoms with Crippen molar-refractivity contribution in [3.63, 3.8) is 0 Å². The van der Waals surface area contributed by atoms with Crippen molar-refractivity contribution in [2.24, 2.45) is 11.3 Å². The van der Waals surface area contributed by atoms with Gasteiger partial charge < -0.3 is 9.47 Å². The van der Waals surface area contributed by atoms with Gasteiger partial charge in [-0.05, 0) is 19.8 Å². The van der Waals surface area contributed by atoms with Crippen molar-refractivity contribution in [1.29, 1.82) is 0 Å². The Hall–Kier alpha value is -0.900. The van der Waals surface area contributed by atoms with Crippen molar-refractivity contribution >= 4 is 11.9 Å². The van der Waals surface area contributed by atoms with Gasteiger partial charge in [0.1, 0.15) is 11.3 Å². The normalized spacial score (nSPS) is 52.5. The first-order valence-electron chi connectivity index (χ1n) is 4.55. The first kappa shape index (κ1) is 7.50. The number of carbonyl (C=O) groups is 2. The Morgan fingerprint density at radius 3 is 2.85 bits per heavy atom. The van der Waals surface area contributed by atoms with Gasteiger partial charge in [0.15, 0.2) is 0 Å². The van der Waals surface area contributed by atoms with E-state index in [2.05, 4.69) is 4.74 Å². The number of fused-ring (bicyclic) bond motifs is 5. The van der Waals surface area contributed by atoms with E-state index in [0.717, 1.165) is 12.8 Å². The number of rotatable bonds is 0. The average Bonchev–Trinajstić information content (AvgIpc) is 2.66. The molecule has 3 aliphatic rings. The second-order valence-electron chi connectivity index (χ2n) is 4.21. The van der Waals surface area contributed by atoms with Gasteiger partial charge in [0.05, 0.1) is 12.2 Å². The molecule has 3 heterocycles. The fourth-order valence-corrected chi connectivity index (χ4v) is 2.86. The maximum atomic E-state index is 11.5. The van der Waals surface area contributed by atoms with E-state index in [4.69, 9.17) is 4.74 Å². The third-order valence-electron chi connectivity index (χ3n) is 3.63. The molecule has 0 amide bonds. The largest absolute Gasteiger partial charge is 0.392 e. The highest BCUT2D eigenvalue weighted by Crippen LogP contribution is 2.55. The molecule has 3 rings (SSSR count). The van der Waals surface area contributed by atoms with Gasteiger partial charge in [-0.2, -0.15) is 0 Å². The molecule has 0 radical (unpaired) electrons. The van der Waals surface area contributed by atoms with E-state index >= 15 is 0 Å². The number of carbonyl (C=O) groups excluding carboxylic acids is 2. The highest BCUT2D eigenvalue weighted by Gasteiger charge is 2.69. The molecule has 0 aliphatic carbocycles. The summed E-state index contributed by atoms with van der Waals surface area (Å²) in [5, 5.41) is 0. The molecule has 2 bridgehead atoms. The van der Waals surface area contributed by atoms with Gasteiger partial charge in [-0.25, -0.2) is 0 Å². The molecule has 13 heavy (non-hydrogen) atoms. The predicted molar refractivity (Wildman–Crippen MR) is 40.6 cm³/mol. The Labute approximate surface area is 75.2 Å². The van der Waals surface area contributed by atoms with Gasteiger partial charge in [0.25, 0.3) is 0 Å². The smallest absolute Gasteiger partial charge is 0.323 e. The summed E-state index contributed by atoms with van der Waals surface area (Å²) in [5.74, 6) is -1.12. The van der Waals surface area contributed by atoms with Crippen LogP contribution in [0.15, 0.2) is 0 Å². The number of cyclic esters (lactones) is 2. The van der Waals surface area contributed by atoms with Crippen LogP contribution in [0.4, 0.5) is 0 Å². The highest BCUT2D eigenvalue weighted by atomic mass is 16.6. The number of hydrogen-bond donors (Lipinski definition) is 0. The lowest BCUT2D eigenvalue weighted by Gasteiger charge is -2.25. The Balaban J connectivity index is 2.12. The molecule has 0 saturated carbocycles. The molecule has 3 aliphatic heterocycles. The monoisotopic (exact) mass is 182 g/mol. The zero-order valence-electron chi connectivity index (χ0n) is 7.28. The summed E-state index contributed by atoms with van der Waals surface area (Å²) in [7, 11) is 0. The molecule has 3 saturated heterocycles. The van der Waals surface area contributed by atoms with Gasteiger partial charge in [0.2, 0.25) is 0 Å². The fourth-order valence-electron chi connectivity index (χ4n) is 2.86. The fraction of sp³-hybridized carbons (Fsp3) is 0.778. The number of hydrogen-bond acceptors (Lipinski definition) is 4. The lowest BCUT2D eigenvalue weighted by Crippen LogP contribution is -2.40. The summed E-state index contributed by atoms with van der Waals surface area (Å²) in [6, 6.07) is 0. The van der Waals surface area contributed by atoms with Crippen molar-refractivity contribution in [1.82, 2.24) is 0 Å². The van der Waals surface area contributed by atoms with Crippen molar-refractivity contribution in [2.45, 2.75) is 32.0 Å². The van der Waals surface area contributed by atoms with E-state index in [0.29, 0.717) is 0 Å². The lowest BCUT2D eigenvalue weighted by atomic mass is 9.69. The molecule has 0 aromatic heterocycles. The summed E-state index contributed by atoms with van der Waals surface area (Å²) < 4.78 is 10.2. The van der Waals surface area contributed by atoms with Crippen LogP contribution < -0.4 is 0 Å². The Bertz CT molecular complexity index is 311. The van der Waals surface area contributed by atoms with Crippen molar-refractivity contribution in [2.75, 3.05) is 0 Å². The van der Waals surface area contributed by atoms with E-state index in [9.17, 15) is 9.59 Å². The van der Waals surface area contributed by atoms with Gasteiger partial charge in [-0.3, -0.25) is 9.59 Å². The van der Waals surface area contributed by atoms with Gasteiger partial charge in [0, 0.05) is 0 Å². The van der Waals surface area contributed by atoms with E-state index in [1.165, 1.54) is 0 Å². The first-order chi connectivity index (χ1) is 6.14. The van der Waals surface area contributed by atoms with Crippen molar-refractivity contribution in [3.8, 4) is 0 Å². The minimum Gasteiger partial charge on any atom is -0.392 e. The minimum absolute atomic E-state index is 0.0750. The molecule has 4 heteroatoms. The van der Waals surface area contributed by atoms with Crippen LogP contribution in [-0.4, -0.2) is 24.1 Å². The second-order valence-corrected chi connectivity index (χ2v) is 4.21. The maximum Gasteiger partial charge on any atom is 0.323 e. The second kappa shape index (κ2) is 1.95. The third kappa shape index (κ3) is 0.633. The Morgan fingerprint density at radius 2 is 2.15 bits per heavy atom. The third-order valence-corrected chi connectivity index (χ3v) is 3.63. The van der Waals surface area contributed by atoms with Gasteiger partial charge in [-0.1, -0.05) is 0 Å². The molecule has 4 atom stereocenters. The molecular weight excluding hydrogens is 172 g/mol. The molecule has 0 spiro atoms. The predicted octanol–water partition coefficient (Wildman–Crippen LogP) is 0.253. The van der Waals surface area contributed by atoms with Crippen LogP contribution in [0.3, 0.4) is 0 Å². The van der Waals surface area contributed by atoms with Crippen LogP contribution in [-0.2, 0) is 19.1 Å². The number of ether oxygens (including phenoxy) is 2. The molecule has 0 aromatic carbocycles. The Morgan fingerprint density at radius 1 is 1.38 bits per heavy atom. The summed E-state index contributed by atoms with van der Waals surface area (Å²) in [4.78, 5) is 22.8. The SMILES string of the molecule is C[C@]12C(=O)OC(=O)[C@H]1[C@@H]1CC[C@H]2O1. The molecule has 4 nitrogen and oxygen atoms in total. The van der Waals surface area contributed by atoms with E-state index in [-0.39, 0.29) is 24.1 Å². The molecule has 0 unspecified atom stereocenters. The summed E-state index contributed by atoms with van der Waals surface area (Å²) in [6.07, 6.45) is 1.59. The molecule has 3 fully saturated rings. The maximum absolute atomic E-state index is 11.5. The first-order valence-corrected chi connectivity index (χ1v) is 4.55. The Kier molecular flexibility index (Phi) is 1.12. The standard InChI is InChI=1S/C9H10O4/c1-9-5-3-2-4(12-5)6(9)7(10)13-8(9)11/h4-6H,2-3H2,1H3/t4-,5+,6+,9+/m0/s1. The highest BCUT2D eigenvalue weighted by molar-refractivity contribution is 6.00. The zero-order valence-corrected chi connectivity index (χ0v) is 7.28. The lowest BCUT2D eigenvalue weighted by molar-refractivity contribution is -0.158. The summed E-state index contributed by atoms with van der Waals surface area (Å²) >= 11 is 0. The average molecular weight is 182 g/mol. The van der Waals surface area contributed by atoms with Crippen molar-refractivity contribution in [3.05, 3.63) is 0 Å². The van der Waals surface area contributed by atoms with Crippen LogP contribution in [0.1, 0.15) is 19.8 Å². The van der Waals surface area contributed by atoms with Crippen LogP contribution in [0.2, 0.25) is 0 Å². The van der Waals surface area contributed by atoms with E-state index < -0.39 is 11.4 Å². The topological polar surface area (TPSA) is 52.6 Å². The summed E-state index contributed by atoms with van der Waals surface area (Å²) in [5.41, 5.74) is -0.681. The number of esters is 2. The molecule has 0 aromatic rings. The molecular formula is C9H10O4. The van der Waals surface area contributed by atoms with Gasteiger partial charge >= 0.3 is 11.9 Å². The van der Waals surface area contributed by atoms with Crippen LogP contribution in [0.5, 0.6) is 0 Å². The summed E-state index contributed by atoms with van der Waals surface area (Å²) in [6.45, 7) is 1.79. The van der Waals surface area contributed by atoms with Gasteiger partial charge in [-0.15, -0.1) is 0 Å². The minimum atomic E-state index is -0.681. The van der Waals surface area contributed by atoms with Crippen molar-refractivity contribution < 1.29 is 19.1 Å².